The number of aromatic nitrogens is 1. The van der Waals surface area contributed by atoms with Gasteiger partial charge in [0.05, 0.1) is 24.5 Å². The number of nitrogens with zero attached hydrogens (tertiary/aromatic N) is 2. The number of carbonyl (C=O) groups excluding carboxylic acids is 2. The van der Waals surface area contributed by atoms with Crippen molar-refractivity contribution in [3.8, 4) is 0 Å². The standard InChI is InChI=1S/C18H23N3O4/c1-10(2)5-7-19-16(22)14-12-4-6-18(24-12)9-21(17(23)15(14)18)13-8-11(3)25-20-13/h4,6,8,10,12,14-15H,5,7,9H2,1-3H3,(H,19,22)/t12-,14-,15+,18+/m1/s1. The molecule has 4 atom stereocenters. The molecule has 0 saturated carbocycles. The highest BCUT2D eigenvalue weighted by atomic mass is 16.5. The maximum Gasteiger partial charge on any atom is 0.235 e. The van der Waals surface area contributed by atoms with Crippen LogP contribution in [0, 0.1) is 24.7 Å². The van der Waals surface area contributed by atoms with Crippen LogP contribution in [0.1, 0.15) is 26.0 Å². The van der Waals surface area contributed by atoms with E-state index < -0.39 is 17.4 Å². The molecule has 2 fully saturated rings. The number of anilines is 1. The van der Waals surface area contributed by atoms with Gasteiger partial charge in [-0.05, 0) is 19.3 Å². The summed E-state index contributed by atoms with van der Waals surface area (Å²) in [6.45, 7) is 6.99. The first-order valence-electron chi connectivity index (χ1n) is 8.81. The predicted molar refractivity (Wildman–Crippen MR) is 89.8 cm³/mol. The van der Waals surface area contributed by atoms with Gasteiger partial charge in [0.1, 0.15) is 11.4 Å². The molecular weight excluding hydrogens is 322 g/mol. The number of fused-ring (bicyclic) bond motifs is 1. The quantitative estimate of drug-likeness (QED) is 0.816. The SMILES string of the molecule is Cc1cc(N2C[C@]34C=C[C@@H](O3)[C@@H](C(=O)NCCC(C)C)[C@H]4C2=O)no1. The Morgan fingerprint density at radius 2 is 2.32 bits per heavy atom. The molecular formula is C18H23N3O4. The van der Waals surface area contributed by atoms with E-state index in [1.54, 1.807) is 17.9 Å². The Morgan fingerprint density at radius 1 is 1.52 bits per heavy atom. The van der Waals surface area contributed by atoms with Crippen LogP contribution in [-0.4, -0.2) is 41.8 Å². The Balaban J connectivity index is 1.55. The number of carbonyl (C=O) groups is 2. The Kier molecular flexibility index (Phi) is 3.72. The van der Waals surface area contributed by atoms with Crippen LogP contribution in [0.2, 0.25) is 0 Å². The van der Waals surface area contributed by atoms with Gasteiger partial charge in [-0.15, -0.1) is 0 Å². The zero-order valence-corrected chi connectivity index (χ0v) is 14.7. The second-order valence-electron chi connectivity index (χ2n) is 7.59. The molecule has 7 nitrogen and oxygen atoms in total. The van der Waals surface area contributed by atoms with Gasteiger partial charge >= 0.3 is 0 Å². The van der Waals surface area contributed by atoms with Gasteiger partial charge in [-0.2, -0.15) is 0 Å². The lowest BCUT2D eigenvalue weighted by atomic mass is 9.77. The summed E-state index contributed by atoms with van der Waals surface area (Å²) in [4.78, 5) is 27.3. The maximum atomic E-state index is 13.0. The zero-order chi connectivity index (χ0) is 17.8. The van der Waals surface area contributed by atoms with E-state index in [0.29, 0.717) is 30.6 Å². The van der Waals surface area contributed by atoms with Crippen LogP contribution in [0.4, 0.5) is 5.82 Å². The van der Waals surface area contributed by atoms with Crippen molar-refractivity contribution in [2.24, 2.45) is 17.8 Å². The van der Waals surface area contributed by atoms with Crippen LogP contribution in [-0.2, 0) is 14.3 Å². The first-order valence-corrected chi connectivity index (χ1v) is 8.81. The number of aryl methyl sites for hydroxylation is 1. The van der Waals surface area contributed by atoms with Crippen molar-refractivity contribution in [1.82, 2.24) is 10.5 Å². The first kappa shape index (κ1) is 16.3. The topological polar surface area (TPSA) is 84.7 Å². The minimum Gasteiger partial charge on any atom is -0.360 e. The van der Waals surface area contributed by atoms with Crippen molar-refractivity contribution in [1.29, 1.82) is 0 Å². The lowest BCUT2D eigenvalue weighted by Gasteiger charge is -2.23. The molecule has 2 saturated heterocycles. The molecule has 7 heteroatoms. The number of hydrogen-bond donors (Lipinski definition) is 1. The fourth-order valence-electron chi connectivity index (χ4n) is 4.07. The van der Waals surface area contributed by atoms with E-state index in [-0.39, 0.29) is 17.9 Å². The molecule has 4 rings (SSSR count). The van der Waals surface area contributed by atoms with Gasteiger partial charge in [-0.25, -0.2) is 0 Å². The van der Waals surface area contributed by atoms with Gasteiger partial charge in [0.2, 0.25) is 11.8 Å². The second kappa shape index (κ2) is 5.69. The van der Waals surface area contributed by atoms with E-state index in [1.807, 2.05) is 12.2 Å². The van der Waals surface area contributed by atoms with Gasteiger partial charge in [-0.3, -0.25) is 14.5 Å². The Hall–Kier alpha value is -2.15. The highest BCUT2D eigenvalue weighted by molar-refractivity contribution is 6.02. The molecule has 134 valence electrons. The fourth-order valence-corrected chi connectivity index (χ4v) is 4.07. The summed E-state index contributed by atoms with van der Waals surface area (Å²) in [5.74, 6) is 0.424. The van der Waals surface area contributed by atoms with Gasteiger partial charge in [-0.1, -0.05) is 31.2 Å². The van der Waals surface area contributed by atoms with E-state index in [9.17, 15) is 9.59 Å². The number of hydrogen-bond acceptors (Lipinski definition) is 5. The molecule has 1 N–H and O–H groups in total. The summed E-state index contributed by atoms with van der Waals surface area (Å²) < 4.78 is 11.2. The lowest BCUT2D eigenvalue weighted by Crippen LogP contribution is -2.44. The van der Waals surface area contributed by atoms with E-state index in [1.165, 1.54) is 0 Å². The summed E-state index contributed by atoms with van der Waals surface area (Å²) >= 11 is 0. The smallest absolute Gasteiger partial charge is 0.235 e. The minimum absolute atomic E-state index is 0.103. The molecule has 1 spiro atoms. The largest absolute Gasteiger partial charge is 0.360 e. The van der Waals surface area contributed by atoms with Crippen LogP contribution in [0.15, 0.2) is 22.7 Å². The molecule has 0 aliphatic carbocycles. The zero-order valence-electron chi connectivity index (χ0n) is 14.7. The number of amides is 2. The minimum atomic E-state index is -0.728. The molecule has 0 radical (unpaired) electrons. The normalized spacial score (nSPS) is 32.7. The monoisotopic (exact) mass is 345 g/mol. The summed E-state index contributed by atoms with van der Waals surface area (Å²) in [7, 11) is 0. The predicted octanol–water partition coefficient (Wildman–Crippen LogP) is 1.43. The molecule has 0 aromatic carbocycles. The van der Waals surface area contributed by atoms with Gasteiger partial charge in [0, 0.05) is 12.6 Å². The van der Waals surface area contributed by atoms with Gasteiger partial charge in [0.25, 0.3) is 0 Å². The molecule has 1 aromatic rings. The van der Waals surface area contributed by atoms with Crippen LogP contribution in [0.5, 0.6) is 0 Å². The van der Waals surface area contributed by atoms with Crippen LogP contribution < -0.4 is 10.2 Å². The highest BCUT2D eigenvalue weighted by Gasteiger charge is 2.67. The average Bonchev–Trinajstić information content (AvgIpc) is 3.28. The summed E-state index contributed by atoms with van der Waals surface area (Å²) in [5, 5.41) is 6.91. The Bertz CT molecular complexity index is 740. The lowest BCUT2D eigenvalue weighted by molar-refractivity contribution is -0.131. The number of nitrogens with one attached hydrogen (secondary N) is 1. The van der Waals surface area contributed by atoms with E-state index in [2.05, 4.69) is 24.3 Å². The fraction of sp³-hybridized carbons (Fsp3) is 0.611. The van der Waals surface area contributed by atoms with Crippen molar-refractivity contribution in [2.45, 2.75) is 38.9 Å². The maximum absolute atomic E-state index is 13.0. The average molecular weight is 345 g/mol. The Labute approximate surface area is 146 Å². The van der Waals surface area contributed by atoms with Crippen molar-refractivity contribution in [3.05, 3.63) is 24.0 Å². The van der Waals surface area contributed by atoms with Crippen LogP contribution >= 0.6 is 0 Å². The van der Waals surface area contributed by atoms with Gasteiger partial charge < -0.3 is 14.6 Å². The van der Waals surface area contributed by atoms with Crippen molar-refractivity contribution in [2.75, 3.05) is 18.0 Å². The molecule has 1 aromatic heterocycles. The van der Waals surface area contributed by atoms with Crippen molar-refractivity contribution >= 4 is 17.6 Å². The summed E-state index contributed by atoms with van der Waals surface area (Å²) in [5.41, 5.74) is -0.728. The van der Waals surface area contributed by atoms with Crippen molar-refractivity contribution in [3.63, 3.8) is 0 Å². The third-order valence-electron chi connectivity index (χ3n) is 5.32. The molecule has 3 aliphatic rings. The first-order chi connectivity index (χ1) is 11.9. The van der Waals surface area contributed by atoms with E-state index >= 15 is 0 Å². The van der Waals surface area contributed by atoms with Crippen molar-refractivity contribution < 1.29 is 18.8 Å². The van der Waals surface area contributed by atoms with E-state index in [4.69, 9.17) is 9.26 Å². The van der Waals surface area contributed by atoms with E-state index in [0.717, 1.165) is 6.42 Å². The van der Waals surface area contributed by atoms with Crippen LogP contribution in [0.25, 0.3) is 0 Å². The molecule has 2 bridgehead atoms. The molecule has 0 unspecified atom stereocenters. The summed E-state index contributed by atoms with van der Waals surface area (Å²) in [6, 6.07) is 1.73. The highest BCUT2D eigenvalue weighted by Crippen LogP contribution is 2.52. The number of ether oxygens (including phenoxy) is 1. The summed E-state index contributed by atoms with van der Waals surface area (Å²) in [6.07, 6.45) is 4.43. The van der Waals surface area contributed by atoms with Crippen LogP contribution in [0.3, 0.4) is 0 Å². The molecule has 25 heavy (non-hydrogen) atoms. The molecule has 3 aliphatic heterocycles. The number of rotatable bonds is 5. The molecule has 2 amide bonds. The third-order valence-corrected chi connectivity index (χ3v) is 5.32. The second-order valence-corrected chi connectivity index (χ2v) is 7.59. The molecule has 4 heterocycles. The third kappa shape index (κ3) is 2.49. The Morgan fingerprint density at radius 3 is 3.00 bits per heavy atom. The van der Waals surface area contributed by atoms with Gasteiger partial charge in [0.15, 0.2) is 5.82 Å².